The number of halogens is 1. The van der Waals surface area contributed by atoms with Crippen molar-refractivity contribution >= 4 is 5.69 Å². The molecule has 0 saturated carbocycles. The number of aliphatic hydroxyl groups is 1. The first kappa shape index (κ1) is 22.2. The minimum atomic E-state index is -1.14. The van der Waals surface area contributed by atoms with Gasteiger partial charge in [0, 0.05) is 35.0 Å². The summed E-state index contributed by atoms with van der Waals surface area (Å²) in [6.07, 6.45) is -1.14. The Morgan fingerprint density at radius 1 is 0.839 bits per heavy atom. The maximum atomic E-state index is 14.1. The van der Waals surface area contributed by atoms with Crippen LogP contribution in [-0.2, 0) is 6.54 Å². The summed E-state index contributed by atoms with van der Waals surface area (Å²) in [6, 6.07) is 14.9. The molecular formula is C24H26FNO5. The number of rotatable bonds is 9. The standard InChI is InChI=1S/C24H26FNO5/c1-28-17-10-8-15(22(13-17)30-3)14-26-20-11-9-16(25)12-19(20)23(27)18-6-5-7-21(29-2)24(18)31-4/h5-13,23,26-27H,14H2,1-4H3. The van der Waals surface area contributed by atoms with E-state index in [1.807, 2.05) is 12.1 Å². The van der Waals surface area contributed by atoms with Crippen LogP contribution in [0.3, 0.4) is 0 Å². The van der Waals surface area contributed by atoms with Crippen molar-refractivity contribution in [3.05, 3.63) is 77.1 Å². The van der Waals surface area contributed by atoms with E-state index >= 15 is 0 Å². The van der Waals surface area contributed by atoms with E-state index in [1.165, 1.54) is 26.4 Å². The zero-order valence-corrected chi connectivity index (χ0v) is 17.9. The monoisotopic (exact) mass is 427 g/mol. The van der Waals surface area contributed by atoms with Gasteiger partial charge in [-0.15, -0.1) is 0 Å². The van der Waals surface area contributed by atoms with Gasteiger partial charge in [-0.2, -0.15) is 0 Å². The molecule has 3 aromatic carbocycles. The number of aliphatic hydroxyl groups excluding tert-OH is 1. The lowest BCUT2D eigenvalue weighted by atomic mass is 9.98. The van der Waals surface area contributed by atoms with Crippen LogP contribution in [0.1, 0.15) is 22.8 Å². The molecule has 2 N–H and O–H groups in total. The second kappa shape index (κ2) is 10.0. The predicted octanol–water partition coefficient (Wildman–Crippen LogP) is 4.55. The molecule has 3 aromatic rings. The van der Waals surface area contributed by atoms with Crippen molar-refractivity contribution in [3.63, 3.8) is 0 Å². The van der Waals surface area contributed by atoms with Crippen LogP contribution in [0.2, 0.25) is 0 Å². The first-order valence-electron chi connectivity index (χ1n) is 9.65. The average molecular weight is 427 g/mol. The van der Waals surface area contributed by atoms with E-state index in [0.29, 0.717) is 46.4 Å². The number of nitrogens with one attached hydrogen (secondary N) is 1. The van der Waals surface area contributed by atoms with Crippen molar-refractivity contribution < 1.29 is 28.4 Å². The Labute approximate surface area is 181 Å². The van der Waals surface area contributed by atoms with Gasteiger partial charge in [0.1, 0.15) is 23.4 Å². The van der Waals surface area contributed by atoms with Gasteiger partial charge in [0.25, 0.3) is 0 Å². The fourth-order valence-corrected chi connectivity index (χ4v) is 3.40. The zero-order valence-electron chi connectivity index (χ0n) is 17.9. The Hall–Kier alpha value is -3.45. The molecule has 0 amide bonds. The SMILES string of the molecule is COc1ccc(CNc2ccc(F)cc2C(O)c2cccc(OC)c2OC)c(OC)c1. The summed E-state index contributed by atoms with van der Waals surface area (Å²) in [5, 5.41) is 14.4. The molecule has 0 aliphatic rings. The van der Waals surface area contributed by atoms with Gasteiger partial charge >= 0.3 is 0 Å². The molecule has 0 aliphatic carbocycles. The molecule has 0 aromatic heterocycles. The number of hydrogen-bond donors (Lipinski definition) is 2. The van der Waals surface area contributed by atoms with Gasteiger partial charge < -0.3 is 29.4 Å². The summed E-state index contributed by atoms with van der Waals surface area (Å²) in [5.74, 6) is 1.76. The fourth-order valence-electron chi connectivity index (χ4n) is 3.40. The van der Waals surface area contributed by atoms with Crippen LogP contribution >= 0.6 is 0 Å². The summed E-state index contributed by atoms with van der Waals surface area (Å²) in [4.78, 5) is 0. The van der Waals surface area contributed by atoms with Gasteiger partial charge in [-0.05, 0) is 36.4 Å². The number of benzene rings is 3. The summed E-state index contributed by atoms with van der Waals surface area (Å²) in [7, 11) is 6.19. The van der Waals surface area contributed by atoms with E-state index < -0.39 is 11.9 Å². The zero-order chi connectivity index (χ0) is 22.4. The Balaban J connectivity index is 1.93. The lowest BCUT2D eigenvalue weighted by molar-refractivity contribution is 0.213. The molecule has 0 bridgehead atoms. The molecule has 0 fully saturated rings. The Morgan fingerprint density at radius 2 is 1.61 bits per heavy atom. The van der Waals surface area contributed by atoms with Gasteiger partial charge in [0.2, 0.25) is 0 Å². The summed E-state index contributed by atoms with van der Waals surface area (Å²) in [5.41, 5.74) is 2.31. The lowest BCUT2D eigenvalue weighted by Gasteiger charge is -2.21. The van der Waals surface area contributed by atoms with Crippen LogP contribution in [0, 0.1) is 5.82 Å². The Bertz CT molecular complexity index is 1040. The van der Waals surface area contributed by atoms with Crippen molar-refractivity contribution in [2.75, 3.05) is 33.8 Å². The lowest BCUT2D eigenvalue weighted by Crippen LogP contribution is -2.09. The largest absolute Gasteiger partial charge is 0.497 e. The first-order chi connectivity index (χ1) is 15.0. The van der Waals surface area contributed by atoms with Crippen LogP contribution in [0.25, 0.3) is 0 Å². The topological polar surface area (TPSA) is 69.2 Å². The molecule has 164 valence electrons. The maximum Gasteiger partial charge on any atom is 0.166 e. The van der Waals surface area contributed by atoms with E-state index in [4.69, 9.17) is 18.9 Å². The quantitative estimate of drug-likeness (QED) is 0.522. The molecule has 7 heteroatoms. The molecule has 1 unspecified atom stereocenters. The van der Waals surface area contributed by atoms with Crippen molar-refractivity contribution in [2.24, 2.45) is 0 Å². The third kappa shape index (κ3) is 4.83. The molecule has 0 saturated heterocycles. The molecule has 31 heavy (non-hydrogen) atoms. The van der Waals surface area contributed by atoms with Crippen LogP contribution in [0.4, 0.5) is 10.1 Å². The molecule has 3 rings (SSSR count). The van der Waals surface area contributed by atoms with Gasteiger partial charge in [0.15, 0.2) is 11.5 Å². The third-order valence-electron chi connectivity index (χ3n) is 5.00. The predicted molar refractivity (Wildman–Crippen MR) is 117 cm³/mol. The number of ether oxygens (including phenoxy) is 4. The normalized spacial score (nSPS) is 11.5. The van der Waals surface area contributed by atoms with E-state index in [9.17, 15) is 9.50 Å². The van der Waals surface area contributed by atoms with E-state index in [0.717, 1.165) is 5.56 Å². The molecule has 6 nitrogen and oxygen atoms in total. The highest BCUT2D eigenvalue weighted by atomic mass is 19.1. The van der Waals surface area contributed by atoms with Crippen molar-refractivity contribution in [3.8, 4) is 23.0 Å². The summed E-state index contributed by atoms with van der Waals surface area (Å²) < 4.78 is 35.5. The molecule has 1 atom stereocenters. The minimum absolute atomic E-state index is 0.374. The van der Waals surface area contributed by atoms with Crippen molar-refractivity contribution in [1.82, 2.24) is 0 Å². The highest BCUT2D eigenvalue weighted by molar-refractivity contribution is 5.58. The smallest absolute Gasteiger partial charge is 0.166 e. The van der Waals surface area contributed by atoms with Gasteiger partial charge in [-0.25, -0.2) is 4.39 Å². The number of para-hydroxylation sites is 1. The highest BCUT2D eigenvalue weighted by Gasteiger charge is 2.22. The number of hydrogen-bond acceptors (Lipinski definition) is 6. The van der Waals surface area contributed by atoms with E-state index in [2.05, 4.69) is 5.32 Å². The summed E-state index contributed by atoms with van der Waals surface area (Å²) in [6.45, 7) is 0.397. The highest BCUT2D eigenvalue weighted by Crippen LogP contribution is 2.39. The van der Waals surface area contributed by atoms with Crippen molar-refractivity contribution in [1.29, 1.82) is 0 Å². The molecule has 0 radical (unpaired) electrons. The minimum Gasteiger partial charge on any atom is -0.497 e. The van der Waals surface area contributed by atoms with Gasteiger partial charge in [-0.3, -0.25) is 0 Å². The van der Waals surface area contributed by atoms with E-state index in [1.54, 1.807) is 44.6 Å². The Kier molecular flexibility index (Phi) is 7.20. The molecule has 0 heterocycles. The van der Waals surface area contributed by atoms with Crippen molar-refractivity contribution in [2.45, 2.75) is 12.6 Å². The van der Waals surface area contributed by atoms with Crippen LogP contribution < -0.4 is 24.3 Å². The molecule has 0 aliphatic heterocycles. The van der Waals surface area contributed by atoms with Crippen LogP contribution in [-0.4, -0.2) is 33.5 Å². The second-order valence-electron chi connectivity index (χ2n) is 6.75. The first-order valence-corrected chi connectivity index (χ1v) is 9.65. The molecule has 0 spiro atoms. The second-order valence-corrected chi connectivity index (χ2v) is 6.75. The summed E-state index contributed by atoms with van der Waals surface area (Å²) >= 11 is 0. The average Bonchev–Trinajstić information content (AvgIpc) is 2.81. The molecular weight excluding hydrogens is 401 g/mol. The van der Waals surface area contributed by atoms with Crippen LogP contribution in [0.5, 0.6) is 23.0 Å². The number of methoxy groups -OCH3 is 4. The maximum absolute atomic E-state index is 14.1. The van der Waals surface area contributed by atoms with Gasteiger partial charge in [0.05, 0.1) is 28.4 Å². The fraction of sp³-hybridized carbons (Fsp3) is 0.250. The number of anilines is 1. The van der Waals surface area contributed by atoms with Gasteiger partial charge in [-0.1, -0.05) is 12.1 Å². The van der Waals surface area contributed by atoms with Crippen LogP contribution in [0.15, 0.2) is 54.6 Å². The third-order valence-corrected chi connectivity index (χ3v) is 5.00. The van der Waals surface area contributed by atoms with E-state index in [-0.39, 0.29) is 0 Å². The Morgan fingerprint density at radius 3 is 2.29 bits per heavy atom.